The number of esters is 1. The molecule has 0 aliphatic heterocycles. The van der Waals surface area contributed by atoms with Crippen LogP contribution in [0, 0.1) is 0 Å². The smallest absolute Gasteiger partial charge is 0.343 e. The highest BCUT2D eigenvalue weighted by Crippen LogP contribution is 2.13. The van der Waals surface area contributed by atoms with Crippen LogP contribution in [0.15, 0.2) is 30.3 Å². The Morgan fingerprint density at radius 2 is 2.06 bits per heavy atom. The first-order valence-corrected chi connectivity index (χ1v) is 5.90. The second-order valence-electron chi connectivity index (χ2n) is 2.99. The quantitative estimate of drug-likeness (QED) is 0.616. The van der Waals surface area contributed by atoms with E-state index in [0.29, 0.717) is 5.75 Å². The SMILES string of the molecule is COC(=O)COc1ccc(C=CCBr)cc1. The van der Waals surface area contributed by atoms with Crippen LogP contribution in [-0.2, 0) is 9.53 Å². The Labute approximate surface area is 103 Å². The molecular weight excluding hydrogens is 272 g/mol. The molecule has 3 nitrogen and oxygen atoms in total. The number of carbonyl (C=O) groups is 1. The lowest BCUT2D eigenvalue weighted by atomic mass is 10.2. The first-order valence-electron chi connectivity index (χ1n) is 4.78. The van der Waals surface area contributed by atoms with E-state index in [9.17, 15) is 4.79 Å². The molecule has 0 fully saturated rings. The normalized spacial score (nSPS) is 10.4. The van der Waals surface area contributed by atoms with Gasteiger partial charge < -0.3 is 9.47 Å². The van der Waals surface area contributed by atoms with Gasteiger partial charge in [0.1, 0.15) is 5.75 Å². The van der Waals surface area contributed by atoms with E-state index in [4.69, 9.17) is 4.74 Å². The van der Waals surface area contributed by atoms with E-state index >= 15 is 0 Å². The van der Waals surface area contributed by atoms with E-state index in [0.717, 1.165) is 10.9 Å². The van der Waals surface area contributed by atoms with Crippen molar-refractivity contribution in [3.63, 3.8) is 0 Å². The summed E-state index contributed by atoms with van der Waals surface area (Å²) in [5, 5.41) is 0.827. The molecule has 0 radical (unpaired) electrons. The highest BCUT2D eigenvalue weighted by Gasteiger charge is 2.00. The summed E-state index contributed by atoms with van der Waals surface area (Å²) in [4.78, 5) is 10.8. The Hall–Kier alpha value is -1.29. The number of alkyl halides is 1. The number of carbonyl (C=O) groups excluding carboxylic acids is 1. The Morgan fingerprint density at radius 3 is 2.62 bits per heavy atom. The molecular formula is C12H13BrO3. The van der Waals surface area contributed by atoms with E-state index in [1.54, 1.807) is 0 Å². The Balaban J connectivity index is 2.51. The summed E-state index contributed by atoms with van der Waals surface area (Å²) in [6.07, 6.45) is 4.00. The van der Waals surface area contributed by atoms with Crippen LogP contribution >= 0.6 is 15.9 Å². The third-order valence-corrected chi connectivity index (χ3v) is 2.24. The van der Waals surface area contributed by atoms with E-state index < -0.39 is 0 Å². The molecule has 0 heterocycles. The summed E-state index contributed by atoms with van der Waals surface area (Å²) in [5.74, 6) is 0.268. The molecule has 0 saturated heterocycles. The lowest BCUT2D eigenvalue weighted by Crippen LogP contribution is -2.12. The van der Waals surface area contributed by atoms with E-state index in [1.807, 2.05) is 36.4 Å². The van der Waals surface area contributed by atoms with Gasteiger partial charge in [0.15, 0.2) is 6.61 Å². The Morgan fingerprint density at radius 1 is 1.38 bits per heavy atom. The number of hydrogen-bond donors (Lipinski definition) is 0. The van der Waals surface area contributed by atoms with Crippen molar-refractivity contribution in [1.82, 2.24) is 0 Å². The van der Waals surface area contributed by atoms with Crippen LogP contribution in [0.1, 0.15) is 5.56 Å². The fraction of sp³-hybridized carbons (Fsp3) is 0.250. The molecule has 0 spiro atoms. The molecule has 0 atom stereocenters. The monoisotopic (exact) mass is 284 g/mol. The van der Waals surface area contributed by atoms with E-state index in [-0.39, 0.29) is 12.6 Å². The lowest BCUT2D eigenvalue weighted by Gasteiger charge is -2.04. The number of rotatable bonds is 5. The molecule has 0 amide bonds. The van der Waals surface area contributed by atoms with Crippen LogP contribution < -0.4 is 4.74 Å². The zero-order valence-corrected chi connectivity index (χ0v) is 10.6. The second kappa shape index (κ2) is 7.06. The van der Waals surface area contributed by atoms with Gasteiger partial charge in [0.05, 0.1) is 7.11 Å². The van der Waals surface area contributed by atoms with Crippen LogP contribution in [0.2, 0.25) is 0 Å². The third-order valence-electron chi connectivity index (χ3n) is 1.86. The summed E-state index contributed by atoms with van der Waals surface area (Å²) < 4.78 is 9.68. The van der Waals surface area contributed by atoms with Crippen LogP contribution in [0.25, 0.3) is 6.08 Å². The van der Waals surface area contributed by atoms with Crippen molar-refractivity contribution in [1.29, 1.82) is 0 Å². The topological polar surface area (TPSA) is 35.5 Å². The molecule has 1 rings (SSSR count). The molecule has 1 aromatic rings. The predicted octanol–water partition coefficient (Wildman–Crippen LogP) is 2.65. The van der Waals surface area contributed by atoms with Crippen molar-refractivity contribution in [2.24, 2.45) is 0 Å². The van der Waals surface area contributed by atoms with E-state index in [2.05, 4.69) is 20.7 Å². The number of halogens is 1. The average Bonchev–Trinajstić information content (AvgIpc) is 2.34. The number of benzene rings is 1. The maximum Gasteiger partial charge on any atom is 0.343 e. The summed E-state index contributed by atoms with van der Waals surface area (Å²) in [7, 11) is 1.33. The zero-order valence-electron chi connectivity index (χ0n) is 8.98. The first kappa shape index (κ1) is 12.8. The number of ether oxygens (including phenoxy) is 2. The van der Waals surface area contributed by atoms with Gasteiger partial charge in [-0.2, -0.15) is 0 Å². The van der Waals surface area contributed by atoms with Gasteiger partial charge in [-0.05, 0) is 17.7 Å². The second-order valence-corrected chi connectivity index (χ2v) is 3.64. The molecule has 0 aliphatic rings. The third kappa shape index (κ3) is 4.49. The molecule has 4 heteroatoms. The Bertz CT molecular complexity index is 357. The highest BCUT2D eigenvalue weighted by molar-refractivity contribution is 9.09. The zero-order chi connectivity index (χ0) is 11.8. The highest BCUT2D eigenvalue weighted by atomic mass is 79.9. The fourth-order valence-corrected chi connectivity index (χ4v) is 1.24. The molecule has 1 aromatic carbocycles. The van der Waals surface area contributed by atoms with Crippen LogP contribution in [0.5, 0.6) is 5.75 Å². The minimum absolute atomic E-state index is 0.0624. The van der Waals surface area contributed by atoms with Gasteiger partial charge in [-0.1, -0.05) is 40.2 Å². The van der Waals surface area contributed by atoms with Crippen LogP contribution in [-0.4, -0.2) is 25.0 Å². The molecule has 0 unspecified atom stereocenters. The first-order chi connectivity index (χ1) is 7.76. The summed E-state index contributed by atoms with van der Waals surface area (Å²) in [6.45, 7) is -0.0624. The molecule has 0 aromatic heterocycles. The minimum atomic E-state index is -0.386. The summed E-state index contributed by atoms with van der Waals surface area (Å²) >= 11 is 3.31. The molecule has 86 valence electrons. The van der Waals surface area contributed by atoms with Crippen LogP contribution in [0.4, 0.5) is 0 Å². The fourth-order valence-electron chi connectivity index (χ4n) is 1.06. The summed E-state index contributed by atoms with van der Waals surface area (Å²) in [6, 6.07) is 7.48. The molecule has 0 aliphatic carbocycles. The van der Waals surface area contributed by atoms with Crippen molar-refractivity contribution in [2.75, 3.05) is 19.0 Å². The minimum Gasteiger partial charge on any atom is -0.482 e. The van der Waals surface area contributed by atoms with Crippen molar-refractivity contribution < 1.29 is 14.3 Å². The Kier molecular flexibility index (Phi) is 5.64. The molecule has 0 bridgehead atoms. The van der Waals surface area contributed by atoms with Gasteiger partial charge in [-0.25, -0.2) is 4.79 Å². The van der Waals surface area contributed by atoms with Crippen molar-refractivity contribution in [3.8, 4) is 5.75 Å². The number of methoxy groups -OCH3 is 1. The van der Waals surface area contributed by atoms with Gasteiger partial charge in [0, 0.05) is 5.33 Å². The maximum absolute atomic E-state index is 10.8. The number of allylic oxidation sites excluding steroid dienone is 1. The average molecular weight is 285 g/mol. The summed E-state index contributed by atoms with van der Waals surface area (Å²) in [5.41, 5.74) is 1.09. The molecule has 16 heavy (non-hydrogen) atoms. The van der Waals surface area contributed by atoms with Gasteiger partial charge in [-0.15, -0.1) is 0 Å². The number of hydrogen-bond acceptors (Lipinski definition) is 3. The van der Waals surface area contributed by atoms with Gasteiger partial charge in [-0.3, -0.25) is 0 Å². The van der Waals surface area contributed by atoms with Crippen molar-refractivity contribution >= 4 is 28.0 Å². The van der Waals surface area contributed by atoms with Gasteiger partial charge >= 0.3 is 5.97 Å². The standard InChI is InChI=1S/C12H13BrO3/c1-15-12(14)9-16-11-6-4-10(5-7-11)3-2-8-13/h2-7H,8-9H2,1H3. The maximum atomic E-state index is 10.8. The predicted molar refractivity (Wildman–Crippen MR) is 66.8 cm³/mol. The largest absolute Gasteiger partial charge is 0.482 e. The lowest BCUT2D eigenvalue weighted by molar-refractivity contribution is -0.142. The van der Waals surface area contributed by atoms with Crippen LogP contribution in [0.3, 0.4) is 0 Å². The molecule has 0 saturated carbocycles. The van der Waals surface area contributed by atoms with E-state index in [1.165, 1.54) is 7.11 Å². The van der Waals surface area contributed by atoms with Crippen molar-refractivity contribution in [2.45, 2.75) is 0 Å². The van der Waals surface area contributed by atoms with Gasteiger partial charge in [0.25, 0.3) is 0 Å². The molecule has 0 N–H and O–H groups in total. The van der Waals surface area contributed by atoms with Gasteiger partial charge in [0.2, 0.25) is 0 Å². The van der Waals surface area contributed by atoms with Crippen molar-refractivity contribution in [3.05, 3.63) is 35.9 Å².